The summed E-state index contributed by atoms with van der Waals surface area (Å²) in [4.78, 5) is 13.7. The summed E-state index contributed by atoms with van der Waals surface area (Å²) in [7, 11) is 0. The summed E-state index contributed by atoms with van der Waals surface area (Å²) >= 11 is 5.91. The van der Waals surface area contributed by atoms with Crippen molar-refractivity contribution < 1.29 is 4.92 Å². The summed E-state index contributed by atoms with van der Waals surface area (Å²) in [5.41, 5.74) is 1.42. The first-order valence-corrected chi connectivity index (χ1v) is 5.57. The van der Waals surface area contributed by atoms with Gasteiger partial charge in [0.15, 0.2) is 0 Å². The maximum Gasteiger partial charge on any atom is 0.363 e. The van der Waals surface area contributed by atoms with Crippen LogP contribution in [-0.4, -0.2) is 9.91 Å². The molecule has 2 rings (SSSR count). The van der Waals surface area contributed by atoms with Crippen LogP contribution in [0.5, 0.6) is 0 Å². The zero-order valence-corrected chi connectivity index (χ0v) is 9.96. The van der Waals surface area contributed by atoms with Crippen LogP contribution in [0.2, 0.25) is 0 Å². The van der Waals surface area contributed by atoms with Crippen molar-refractivity contribution in [2.45, 2.75) is 6.42 Å². The molecule has 0 saturated heterocycles. The molecule has 0 N–H and O–H groups in total. The molecule has 1 aromatic rings. The van der Waals surface area contributed by atoms with E-state index in [9.17, 15) is 10.1 Å². The third kappa shape index (κ3) is 2.39. The molecule has 5 nitrogen and oxygen atoms in total. The van der Waals surface area contributed by atoms with Gasteiger partial charge >= 0.3 is 5.82 Å². The zero-order valence-electron chi connectivity index (χ0n) is 9.21. The van der Waals surface area contributed by atoms with E-state index >= 15 is 0 Å². The van der Waals surface area contributed by atoms with E-state index < -0.39 is 4.92 Å². The van der Waals surface area contributed by atoms with Crippen LogP contribution in [0, 0.1) is 27.4 Å². The number of nitriles is 1. The molecular weight excluding hydrogens is 254 g/mol. The average Bonchev–Trinajstić information content (AvgIpc) is 2.39. The highest BCUT2D eigenvalue weighted by Gasteiger charge is 2.20. The van der Waals surface area contributed by atoms with Crippen molar-refractivity contribution >= 4 is 23.0 Å². The predicted molar refractivity (Wildman–Crippen MR) is 66.5 cm³/mol. The van der Waals surface area contributed by atoms with Gasteiger partial charge in [0.1, 0.15) is 6.20 Å². The smallest absolute Gasteiger partial charge is 0.358 e. The Hall–Kier alpha value is -2.19. The van der Waals surface area contributed by atoms with E-state index in [1.807, 2.05) is 0 Å². The Kier molecular flexibility index (Phi) is 3.40. The maximum absolute atomic E-state index is 10.5. The Morgan fingerprint density at radius 2 is 2.33 bits per heavy atom. The summed E-state index contributed by atoms with van der Waals surface area (Å²) in [5.74, 6) is -0.513. The summed E-state index contributed by atoms with van der Waals surface area (Å²) < 4.78 is 0. The second-order valence-corrected chi connectivity index (χ2v) is 4.20. The first-order chi connectivity index (χ1) is 8.61. The molecule has 1 aromatic heterocycles. The Balaban J connectivity index is 2.38. The highest BCUT2D eigenvalue weighted by Crippen LogP contribution is 2.32. The second-order valence-electron chi connectivity index (χ2n) is 3.77. The van der Waals surface area contributed by atoms with E-state index in [2.05, 4.69) is 11.1 Å². The lowest BCUT2D eigenvalue weighted by Gasteiger charge is -2.15. The van der Waals surface area contributed by atoms with Gasteiger partial charge in [-0.05, 0) is 34.0 Å². The topological polar surface area (TPSA) is 79.8 Å². The van der Waals surface area contributed by atoms with E-state index in [-0.39, 0.29) is 11.7 Å². The zero-order chi connectivity index (χ0) is 13.1. The molecule has 0 amide bonds. The number of allylic oxidation sites excluding steroid dienone is 4. The van der Waals surface area contributed by atoms with Crippen molar-refractivity contribution in [2.75, 3.05) is 0 Å². The standard InChI is InChI=1S/C12H8ClN3O2/c13-10-3-1-8(6-14)11(5-10)9-2-4-12(15-7-9)16(17)18/h2-5,7-8H,1H2. The van der Waals surface area contributed by atoms with Gasteiger partial charge < -0.3 is 10.1 Å². The van der Waals surface area contributed by atoms with E-state index in [1.165, 1.54) is 12.3 Å². The largest absolute Gasteiger partial charge is 0.363 e. The predicted octanol–water partition coefficient (Wildman–Crippen LogP) is 3.04. The average molecular weight is 262 g/mol. The van der Waals surface area contributed by atoms with Crippen molar-refractivity contribution in [3.8, 4) is 6.07 Å². The molecule has 0 saturated carbocycles. The number of halogens is 1. The SMILES string of the molecule is N#CC1CC=C(Cl)C=C1c1ccc([N+](=O)[O-])nc1. The van der Waals surface area contributed by atoms with Gasteiger partial charge in [0.05, 0.1) is 12.0 Å². The molecule has 1 aliphatic carbocycles. The highest BCUT2D eigenvalue weighted by atomic mass is 35.5. The van der Waals surface area contributed by atoms with Crippen LogP contribution in [0.25, 0.3) is 5.57 Å². The van der Waals surface area contributed by atoms with Crippen LogP contribution in [0.3, 0.4) is 0 Å². The van der Waals surface area contributed by atoms with E-state index in [4.69, 9.17) is 16.9 Å². The third-order valence-corrected chi connectivity index (χ3v) is 2.90. The van der Waals surface area contributed by atoms with Crippen molar-refractivity contribution in [2.24, 2.45) is 5.92 Å². The lowest BCUT2D eigenvalue weighted by atomic mass is 9.88. The van der Waals surface area contributed by atoms with Crippen molar-refractivity contribution in [3.63, 3.8) is 0 Å². The van der Waals surface area contributed by atoms with Crippen molar-refractivity contribution in [3.05, 3.63) is 51.2 Å². The summed E-state index contributed by atoms with van der Waals surface area (Å²) in [6, 6.07) is 5.07. The Morgan fingerprint density at radius 3 is 2.89 bits per heavy atom. The van der Waals surface area contributed by atoms with Crippen LogP contribution in [0.1, 0.15) is 12.0 Å². The number of hydrogen-bond donors (Lipinski definition) is 0. The summed E-state index contributed by atoms with van der Waals surface area (Å²) in [6.45, 7) is 0. The number of rotatable bonds is 2. The lowest BCUT2D eigenvalue weighted by Crippen LogP contribution is -2.04. The molecule has 0 aromatic carbocycles. The van der Waals surface area contributed by atoms with Crippen LogP contribution in [0.4, 0.5) is 5.82 Å². The van der Waals surface area contributed by atoms with Crippen molar-refractivity contribution in [1.82, 2.24) is 4.98 Å². The van der Waals surface area contributed by atoms with Gasteiger partial charge in [-0.15, -0.1) is 0 Å². The van der Waals surface area contributed by atoms with E-state index in [0.29, 0.717) is 17.0 Å². The van der Waals surface area contributed by atoms with Gasteiger partial charge in [0, 0.05) is 16.7 Å². The van der Waals surface area contributed by atoms with Crippen LogP contribution >= 0.6 is 11.6 Å². The number of nitrogens with zero attached hydrogens (tertiary/aromatic N) is 3. The molecule has 18 heavy (non-hydrogen) atoms. The number of pyridine rings is 1. The van der Waals surface area contributed by atoms with Gasteiger partial charge in [0.2, 0.25) is 0 Å². The lowest BCUT2D eigenvalue weighted by molar-refractivity contribution is -0.389. The number of hydrogen-bond acceptors (Lipinski definition) is 4. The molecule has 0 radical (unpaired) electrons. The molecule has 90 valence electrons. The van der Waals surface area contributed by atoms with Gasteiger partial charge in [0.25, 0.3) is 0 Å². The van der Waals surface area contributed by atoms with Gasteiger partial charge in [-0.25, -0.2) is 0 Å². The summed E-state index contributed by atoms with van der Waals surface area (Å²) in [6.07, 6.45) is 5.40. The van der Waals surface area contributed by atoms with E-state index in [0.717, 1.165) is 5.57 Å². The van der Waals surface area contributed by atoms with Crippen LogP contribution in [-0.2, 0) is 0 Å². The highest BCUT2D eigenvalue weighted by molar-refractivity contribution is 6.31. The van der Waals surface area contributed by atoms with E-state index in [1.54, 1.807) is 18.2 Å². The molecular formula is C12H8ClN3O2. The Bertz CT molecular complexity index is 584. The maximum atomic E-state index is 10.5. The third-order valence-electron chi connectivity index (χ3n) is 2.64. The minimum atomic E-state index is -0.562. The van der Waals surface area contributed by atoms with Gasteiger partial charge in [-0.3, -0.25) is 0 Å². The first-order valence-electron chi connectivity index (χ1n) is 5.19. The number of aromatic nitrogens is 1. The molecule has 0 fully saturated rings. The Labute approximate surface area is 108 Å². The van der Waals surface area contributed by atoms with Gasteiger partial charge in [-0.1, -0.05) is 17.7 Å². The first kappa shape index (κ1) is 12.3. The molecule has 6 heteroatoms. The molecule has 1 aliphatic rings. The molecule has 0 spiro atoms. The molecule has 1 atom stereocenters. The summed E-state index contributed by atoms with van der Waals surface area (Å²) in [5, 5.41) is 20.1. The quantitative estimate of drug-likeness (QED) is 0.605. The minimum absolute atomic E-state index is 0.217. The van der Waals surface area contributed by atoms with Crippen molar-refractivity contribution in [1.29, 1.82) is 5.26 Å². The monoisotopic (exact) mass is 261 g/mol. The Morgan fingerprint density at radius 1 is 1.56 bits per heavy atom. The minimum Gasteiger partial charge on any atom is -0.358 e. The van der Waals surface area contributed by atoms with Crippen LogP contribution < -0.4 is 0 Å². The normalized spacial score (nSPS) is 18.6. The fraction of sp³-hybridized carbons (Fsp3) is 0.167. The molecule has 0 aliphatic heterocycles. The second kappa shape index (κ2) is 4.98. The van der Waals surface area contributed by atoms with Crippen LogP contribution in [0.15, 0.2) is 35.5 Å². The number of nitro groups is 1. The molecule has 0 bridgehead atoms. The molecule has 1 heterocycles. The molecule has 1 unspecified atom stereocenters. The fourth-order valence-electron chi connectivity index (χ4n) is 1.74. The van der Waals surface area contributed by atoms with Gasteiger partial charge in [-0.2, -0.15) is 5.26 Å². The fourth-order valence-corrected chi connectivity index (χ4v) is 1.94.